The molecule has 0 unspecified atom stereocenters. The van der Waals surface area contributed by atoms with E-state index in [1.54, 1.807) is 0 Å². The first-order valence-corrected chi connectivity index (χ1v) is 11.5. The Labute approximate surface area is 215 Å². The summed E-state index contributed by atoms with van der Waals surface area (Å²) in [6.45, 7) is 9.83. The zero-order valence-electron chi connectivity index (χ0n) is 21.1. The molecule has 0 spiro atoms. The highest BCUT2D eigenvalue weighted by Crippen LogP contribution is 2.24. The second kappa shape index (κ2) is 19.6. The largest absolute Gasteiger partial charge is 0.870 e. The number of nitrogens with two attached hydrogens (primary N) is 2. The lowest BCUT2D eigenvalue weighted by Crippen LogP contribution is -2.89. The monoisotopic (exact) mass is 526 g/mol. The van der Waals surface area contributed by atoms with Crippen molar-refractivity contribution in [3.8, 4) is 23.0 Å². The molecule has 0 aliphatic carbocycles. The number of hydrogen-bond donors (Lipinski definition) is 6. The summed E-state index contributed by atoms with van der Waals surface area (Å²) in [5.41, 5.74) is 0.0953. The third-order valence-corrected chi connectivity index (χ3v) is 4.92. The Bertz CT molecular complexity index is 838. The molecule has 2 aromatic carbocycles. The fraction of sp³-hybridized carbons (Fsp3) is 0.417. The predicted molar refractivity (Wildman–Crippen MR) is 131 cm³/mol. The molecule has 4 rings (SSSR count). The number of nitrogens with one attached hydrogen (secondary N) is 2. The van der Waals surface area contributed by atoms with Gasteiger partial charge in [-0.15, -0.1) is 0 Å². The van der Waals surface area contributed by atoms with Crippen LogP contribution < -0.4 is 41.0 Å². The van der Waals surface area contributed by atoms with E-state index in [2.05, 4.69) is 30.7 Å². The van der Waals surface area contributed by atoms with E-state index < -0.39 is 11.9 Å². The summed E-state index contributed by atoms with van der Waals surface area (Å²) in [6, 6.07) is 7.22. The first-order valence-electron chi connectivity index (χ1n) is 11.5. The summed E-state index contributed by atoms with van der Waals surface area (Å²) in [7, 11) is 2.64. The van der Waals surface area contributed by atoms with Crippen LogP contribution in [-0.2, 0) is 0 Å². The van der Waals surface area contributed by atoms with E-state index in [1.807, 2.05) is 0 Å². The van der Waals surface area contributed by atoms with Crippen LogP contribution in [0.25, 0.3) is 0 Å². The highest BCUT2D eigenvalue weighted by Gasteiger charge is 2.04. The summed E-state index contributed by atoms with van der Waals surface area (Å²) in [6.07, 6.45) is 0. The van der Waals surface area contributed by atoms with Gasteiger partial charge in [0.15, 0.2) is 0 Å². The molecule has 2 fully saturated rings. The van der Waals surface area contributed by atoms with Gasteiger partial charge in [-0.3, -0.25) is 0 Å². The van der Waals surface area contributed by atoms with Crippen molar-refractivity contribution in [1.29, 1.82) is 0 Å². The van der Waals surface area contributed by atoms with Gasteiger partial charge in [-0.2, -0.15) is 0 Å². The van der Waals surface area contributed by atoms with Crippen LogP contribution in [-0.4, -0.2) is 94.2 Å². The maximum Gasteiger partial charge on any atom is 0.335 e. The van der Waals surface area contributed by atoms with Gasteiger partial charge in [0.05, 0.1) is 51.5 Å². The average Bonchev–Trinajstić information content (AvgIpc) is 2.92. The minimum absolute atomic E-state index is 0. The van der Waals surface area contributed by atoms with Gasteiger partial charge < -0.3 is 56.6 Å². The molecule has 0 amide bonds. The molecule has 0 aromatic heterocycles. The summed E-state index contributed by atoms with van der Waals surface area (Å²) < 4.78 is 9.32. The van der Waals surface area contributed by atoms with Gasteiger partial charge in [0, 0.05) is 26.2 Å². The van der Waals surface area contributed by atoms with E-state index in [1.165, 1.54) is 103 Å². The topological polar surface area (TPSA) is 228 Å². The van der Waals surface area contributed by atoms with Crippen LogP contribution in [0.2, 0.25) is 0 Å². The number of piperazine rings is 2. The maximum absolute atomic E-state index is 10.9. The predicted octanol–water partition coefficient (Wildman–Crippen LogP) is -3.58. The Kier molecular flexibility index (Phi) is 17.6. The third-order valence-electron chi connectivity index (χ3n) is 4.92. The number of methoxy groups -OCH3 is 2. The zero-order valence-corrected chi connectivity index (χ0v) is 21.1. The molecule has 13 nitrogen and oxygen atoms in total. The van der Waals surface area contributed by atoms with Crippen molar-refractivity contribution in [3.63, 3.8) is 0 Å². The highest BCUT2D eigenvalue weighted by atomic mass is 16.5. The van der Waals surface area contributed by atoms with Gasteiger partial charge >= 0.3 is 11.9 Å². The van der Waals surface area contributed by atoms with Gasteiger partial charge in [-0.05, 0) is 24.3 Å². The van der Waals surface area contributed by atoms with Gasteiger partial charge in [-0.1, -0.05) is 23.6 Å². The van der Waals surface area contributed by atoms with Crippen LogP contribution in [0.5, 0.6) is 23.0 Å². The molecule has 2 heterocycles. The second-order valence-corrected chi connectivity index (χ2v) is 7.57. The Morgan fingerprint density at radius 2 is 1.05 bits per heavy atom. The van der Waals surface area contributed by atoms with Gasteiger partial charge in [0.2, 0.25) is 0 Å². The van der Waals surface area contributed by atoms with Crippen molar-refractivity contribution in [3.05, 3.63) is 47.5 Å². The minimum Gasteiger partial charge on any atom is -0.870 e. The SMILES string of the molecule is C1C[NH2+]CCN1.C1C[NH2+]CCN1.COc1cc(C(=O)O)ccc1[O-].COc1cc(C(=O)O)ccc1[O-].O. The maximum atomic E-state index is 10.9. The summed E-state index contributed by atoms with van der Waals surface area (Å²) in [5, 5.41) is 50.1. The number of carboxylic acids is 2. The van der Waals surface area contributed by atoms with Crippen LogP contribution in [0.4, 0.5) is 0 Å². The smallest absolute Gasteiger partial charge is 0.335 e. The quantitative estimate of drug-likeness (QED) is 0.229. The van der Waals surface area contributed by atoms with Gasteiger partial charge in [-0.25, -0.2) is 9.59 Å². The van der Waals surface area contributed by atoms with Crippen LogP contribution in [0, 0.1) is 0 Å². The van der Waals surface area contributed by atoms with Crippen LogP contribution in [0.3, 0.4) is 0 Å². The molecule has 0 atom stereocenters. The number of benzene rings is 2. The van der Waals surface area contributed by atoms with Crippen molar-refractivity contribution in [2.45, 2.75) is 0 Å². The standard InChI is InChI=1S/2C8H8O4.2C4H10N2.H2O/c2*1-12-7-4-5(8(10)11)2-3-6(7)9;2*1-2-6-4-3-5-1;/h2*2-4,9H,1H3,(H,10,11);2*5-6H,1-4H2;1H2. The molecule has 0 saturated carbocycles. The lowest BCUT2D eigenvalue weighted by molar-refractivity contribution is -0.657. The molecular formula is C24H38N4O9. The number of ether oxygens (including phenoxy) is 2. The molecular weight excluding hydrogens is 488 g/mol. The zero-order chi connectivity index (χ0) is 26.8. The summed E-state index contributed by atoms with van der Waals surface area (Å²) in [5.74, 6) is -2.68. The van der Waals surface area contributed by atoms with E-state index in [-0.39, 0.29) is 39.6 Å². The molecule has 13 heteroatoms. The molecule has 2 aliphatic rings. The lowest BCUT2D eigenvalue weighted by Gasteiger charge is -2.11. The molecule has 208 valence electrons. The number of carbonyl (C=O) groups is 2. The highest BCUT2D eigenvalue weighted by molar-refractivity contribution is 5.88. The van der Waals surface area contributed by atoms with Crippen LogP contribution >= 0.6 is 0 Å². The number of hydrogen-bond acceptors (Lipinski definition) is 8. The van der Waals surface area contributed by atoms with Crippen molar-refractivity contribution in [2.24, 2.45) is 0 Å². The minimum atomic E-state index is -1.08. The Morgan fingerprint density at radius 3 is 1.24 bits per heavy atom. The Hall–Kier alpha value is -3.62. The number of aromatic carboxylic acids is 2. The number of carboxylic acid groups (broad SMARTS) is 2. The molecule has 2 saturated heterocycles. The van der Waals surface area contributed by atoms with E-state index in [0.717, 1.165) is 0 Å². The van der Waals surface area contributed by atoms with Crippen molar-refractivity contribution in [2.75, 3.05) is 66.6 Å². The van der Waals surface area contributed by atoms with Gasteiger partial charge in [0.25, 0.3) is 0 Å². The van der Waals surface area contributed by atoms with E-state index in [0.29, 0.717) is 0 Å². The molecule has 0 bridgehead atoms. The summed E-state index contributed by atoms with van der Waals surface area (Å²) in [4.78, 5) is 20.8. The fourth-order valence-corrected chi connectivity index (χ4v) is 2.96. The first-order chi connectivity index (χ1) is 17.3. The second-order valence-electron chi connectivity index (χ2n) is 7.57. The normalized spacial score (nSPS) is 13.9. The van der Waals surface area contributed by atoms with E-state index in [9.17, 15) is 19.8 Å². The molecule has 2 aliphatic heterocycles. The number of rotatable bonds is 4. The fourth-order valence-electron chi connectivity index (χ4n) is 2.96. The third kappa shape index (κ3) is 13.9. The lowest BCUT2D eigenvalue weighted by atomic mass is 10.2. The Morgan fingerprint density at radius 1 is 0.730 bits per heavy atom. The molecule has 0 radical (unpaired) electrons. The van der Waals surface area contributed by atoms with E-state index in [4.69, 9.17) is 10.2 Å². The molecule has 10 N–H and O–H groups in total. The van der Waals surface area contributed by atoms with E-state index >= 15 is 0 Å². The summed E-state index contributed by atoms with van der Waals surface area (Å²) >= 11 is 0. The van der Waals surface area contributed by atoms with Gasteiger partial charge in [0.1, 0.15) is 11.5 Å². The van der Waals surface area contributed by atoms with Crippen molar-refractivity contribution < 1.29 is 55.6 Å². The van der Waals surface area contributed by atoms with Crippen LogP contribution in [0.15, 0.2) is 36.4 Å². The average molecular weight is 527 g/mol. The first kappa shape index (κ1) is 33.4. The number of quaternary nitrogens is 2. The molecule has 37 heavy (non-hydrogen) atoms. The van der Waals surface area contributed by atoms with Crippen LogP contribution in [0.1, 0.15) is 20.7 Å². The Balaban J connectivity index is 0.000000485. The van der Waals surface area contributed by atoms with Crippen molar-refractivity contribution >= 4 is 11.9 Å². The van der Waals surface area contributed by atoms with Crippen molar-refractivity contribution in [1.82, 2.24) is 10.6 Å². The molecule has 2 aromatic rings.